The molecule has 0 fully saturated rings. The normalized spacial score (nSPS) is 11.3. The minimum absolute atomic E-state index is 0.250. The molecule has 4 aromatic rings. The fourth-order valence-electron chi connectivity index (χ4n) is 4.99. The van der Waals surface area contributed by atoms with Crippen molar-refractivity contribution in [2.45, 2.75) is 79.2 Å². The van der Waals surface area contributed by atoms with Crippen molar-refractivity contribution in [3.05, 3.63) is 70.9 Å². The van der Waals surface area contributed by atoms with Crippen molar-refractivity contribution in [3.8, 4) is 22.5 Å². The highest BCUT2D eigenvalue weighted by atomic mass is 16.4. The zero-order chi connectivity index (χ0) is 25.7. The molecule has 0 spiro atoms. The first-order valence-electron chi connectivity index (χ1n) is 13.2. The molecular weight excluding hydrogens is 446 g/mol. The van der Waals surface area contributed by atoms with E-state index in [-0.39, 0.29) is 6.42 Å². The molecule has 188 valence electrons. The number of rotatable bonds is 11. The first-order chi connectivity index (χ1) is 17.4. The zero-order valence-corrected chi connectivity index (χ0v) is 22.0. The lowest BCUT2D eigenvalue weighted by Gasteiger charge is -2.12. The van der Waals surface area contributed by atoms with Crippen LogP contribution in [0.2, 0.25) is 0 Å². The summed E-state index contributed by atoms with van der Waals surface area (Å²) < 4.78 is 2.37. The number of aliphatic carboxylic acids is 1. The second-order valence-corrected chi connectivity index (χ2v) is 9.67. The van der Waals surface area contributed by atoms with Crippen molar-refractivity contribution in [2.24, 2.45) is 0 Å². The third-order valence-electron chi connectivity index (χ3n) is 6.95. The Labute approximate surface area is 214 Å². The van der Waals surface area contributed by atoms with E-state index in [0.29, 0.717) is 0 Å². The minimum Gasteiger partial charge on any atom is -0.481 e. The maximum Gasteiger partial charge on any atom is 0.303 e. The number of fused-ring (bicyclic) bond motifs is 1. The van der Waals surface area contributed by atoms with E-state index < -0.39 is 5.97 Å². The van der Waals surface area contributed by atoms with Crippen molar-refractivity contribution < 1.29 is 9.90 Å². The van der Waals surface area contributed by atoms with Gasteiger partial charge in [0.05, 0.1) is 11.4 Å². The van der Waals surface area contributed by atoms with Crippen molar-refractivity contribution in [1.82, 2.24) is 14.5 Å². The molecule has 0 saturated carbocycles. The Bertz CT molecular complexity index is 1340. The minimum atomic E-state index is -0.712. The van der Waals surface area contributed by atoms with Crippen LogP contribution in [-0.2, 0) is 24.2 Å². The van der Waals surface area contributed by atoms with Crippen LogP contribution in [0.5, 0.6) is 0 Å². The quantitative estimate of drug-likeness (QED) is 0.224. The van der Waals surface area contributed by atoms with Gasteiger partial charge in [-0.3, -0.25) is 4.79 Å². The molecule has 0 saturated heterocycles. The molecule has 4 rings (SSSR count). The summed E-state index contributed by atoms with van der Waals surface area (Å²) >= 11 is 0. The number of benzene rings is 2. The van der Waals surface area contributed by atoms with Gasteiger partial charge in [0.1, 0.15) is 5.52 Å². The average Bonchev–Trinajstić information content (AvgIpc) is 3.17. The summed E-state index contributed by atoms with van der Waals surface area (Å²) in [4.78, 5) is 21.4. The van der Waals surface area contributed by atoms with Gasteiger partial charge in [-0.05, 0) is 39.5 Å². The highest BCUT2D eigenvalue weighted by Gasteiger charge is 2.21. The van der Waals surface area contributed by atoms with Crippen LogP contribution in [0, 0.1) is 13.8 Å². The predicted molar refractivity (Wildman–Crippen MR) is 147 cm³/mol. The third kappa shape index (κ3) is 5.51. The monoisotopic (exact) mass is 483 g/mol. The molecule has 0 unspecified atom stereocenters. The van der Waals surface area contributed by atoms with E-state index in [9.17, 15) is 4.79 Å². The predicted octanol–water partition coefficient (Wildman–Crippen LogP) is 7.54. The smallest absolute Gasteiger partial charge is 0.303 e. The SMILES string of the molecule is CCc1c(CC)n(CCCCCCC(=O)O)c2nc(-c3ccc(C)cc3)c(-c3ccc(C)cc3)nc12. The second-order valence-electron chi connectivity index (χ2n) is 9.67. The van der Waals surface area contributed by atoms with Gasteiger partial charge >= 0.3 is 5.97 Å². The molecule has 0 atom stereocenters. The summed E-state index contributed by atoms with van der Waals surface area (Å²) in [5.74, 6) is -0.712. The molecule has 5 nitrogen and oxygen atoms in total. The van der Waals surface area contributed by atoms with E-state index in [1.165, 1.54) is 22.4 Å². The molecule has 0 radical (unpaired) electrons. The summed E-state index contributed by atoms with van der Waals surface area (Å²) in [5, 5.41) is 8.90. The maximum atomic E-state index is 10.8. The largest absolute Gasteiger partial charge is 0.481 e. The number of hydrogen-bond acceptors (Lipinski definition) is 3. The molecule has 5 heteroatoms. The van der Waals surface area contributed by atoms with Crippen molar-refractivity contribution in [3.63, 3.8) is 0 Å². The van der Waals surface area contributed by atoms with Gasteiger partial charge in [-0.25, -0.2) is 9.97 Å². The maximum absolute atomic E-state index is 10.8. The number of carboxylic acid groups (broad SMARTS) is 1. The van der Waals surface area contributed by atoms with Crippen LogP contribution in [0.25, 0.3) is 33.7 Å². The first kappa shape index (κ1) is 25.6. The molecule has 0 bridgehead atoms. The van der Waals surface area contributed by atoms with E-state index in [4.69, 9.17) is 15.1 Å². The van der Waals surface area contributed by atoms with Gasteiger partial charge in [0.25, 0.3) is 0 Å². The molecule has 0 amide bonds. The van der Waals surface area contributed by atoms with Crippen molar-refractivity contribution >= 4 is 17.1 Å². The highest BCUT2D eigenvalue weighted by molar-refractivity contribution is 5.87. The molecule has 36 heavy (non-hydrogen) atoms. The van der Waals surface area contributed by atoms with Crippen LogP contribution in [0.1, 0.15) is 68.3 Å². The second kappa shape index (κ2) is 11.5. The number of unbranched alkanes of at least 4 members (excludes halogenated alkanes) is 3. The average molecular weight is 484 g/mol. The van der Waals surface area contributed by atoms with Crippen LogP contribution in [0.3, 0.4) is 0 Å². The highest BCUT2D eigenvalue weighted by Crippen LogP contribution is 2.34. The Hall–Kier alpha value is -3.47. The van der Waals surface area contributed by atoms with Crippen LogP contribution in [0.4, 0.5) is 0 Å². The zero-order valence-electron chi connectivity index (χ0n) is 22.0. The summed E-state index contributed by atoms with van der Waals surface area (Å²) in [6.07, 6.45) is 5.78. The van der Waals surface area contributed by atoms with Gasteiger partial charge in [0.2, 0.25) is 0 Å². The van der Waals surface area contributed by atoms with Crippen molar-refractivity contribution in [1.29, 1.82) is 0 Å². The van der Waals surface area contributed by atoms with Crippen molar-refractivity contribution in [2.75, 3.05) is 0 Å². The number of hydrogen-bond donors (Lipinski definition) is 1. The molecule has 2 aromatic carbocycles. The molecule has 2 aromatic heterocycles. The topological polar surface area (TPSA) is 68.0 Å². The van der Waals surface area contributed by atoms with Crippen LogP contribution in [0.15, 0.2) is 48.5 Å². The number of aryl methyl sites for hydroxylation is 4. The molecule has 0 aliphatic carbocycles. The van der Waals surface area contributed by atoms with Crippen LogP contribution < -0.4 is 0 Å². The lowest BCUT2D eigenvalue weighted by atomic mass is 10.0. The summed E-state index contributed by atoms with van der Waals surface area (Å²) in [6.45, 7) is 9.48. The number of carbonyl (C=O) groups is 1. The Kier molecular flexibility index (Phi) is 8.19. The standard InChI is InChI=1S/C31H37N3O2/c1-5-25-26(6-2)34(20-10-8-7-9-11-27(35)36)31-30(25)32-28(23-16-12-21(3)13-17-23)29(33-31)24-18-14-22(4)15-19-24/h12-19H,5-11,20H2,1-4H3,(H,35,36). The van der Waals surface area contributed by atoms with Crippen LogP contribution in [-0.4, -0.2) is 25.6 Å². The Morgan fingerprint density at radius 3 is 1.86 bits per heavy atom. The summed E-state index contributed by atoms with van der Waals surface area (Å²) in [6, 6.07) is 17.1. The molecule has 2 heterocycles. The lowest BCUT2D eigenvalue weighted by molar-refractivity contribution is -0.137. The van der Waals surface area contributed by atoms with Gasteiger partial charge in [0, 0.05) is 35.3 Å². The van der Waals surface area contributed by atoms with Gasteiger partial charge in [0.15, 0.2) is 5.65 Å². The lowest BCUT2D eigenvalue weighted by Crippen LogP contribution is -2.05. The van der Waals surface area contributed by atoms with E-state index in [0.717, 1.165) is 78.7 Å². The van der Waals surface area contributed by atoms with Crippen LogP contribution >= 0.6 is 0 Å². The van der Waals surface area contributed by atoms with E-state index in [2.05, 4.69) is 80.8 Å². The first-order valence-corrected chi connectivity index (χ1v) is 13.2. The molecule has 0 aliphatic heterocycles. The number of aromatic nitrogens is 3. The van der Waals surface area contributed by atoms with E-state index >= 15 is 0 Å². The Balaban J connectivity index is 1.81. The number of carboxylic acids is 1. The van der Waals surface area contributed by atoms with Gasteiger partial charge in [-0.2, -0.15) is 0 Å². The fourth-order valence-corrected chi connectivity index (χ4v) is 4.99. The van der Waals surface area contributed by atoms with E-state index in [1.807, 2.05) is 0 Å². The molecule has 0 aliphatic rings. The number of nitrogens with zero attached hydrogens (tertiary/aromatic N) is 3. The molecule has 1 N–H and O–H groups in total. The fraction of sp³-hybridized carbons (Fsp3) is 0.387. The van der Waals surface area contributed by atoms with Gasteiger partial charge in [-0.1, -0.05) is 86.3 Å². The summed E-state index contributed by atoms with van der Waals surface area (Å²) in [7, 11) is 0. The molecular formula is C31H37N3O2. The van der Waals surface area contributed by atoms with E-state index in [1.54, 1.807) is 0 Å². The third-order valence-corrected chi connectivity index (χ3v) is 6.95. The van der Waals surface area contributed by atoms with Gasteiger partial charge < -0.3 is 9.67 Å². The summed E-state index contributed by atoms with van der Waals surface area (Å²) in [5.41, 5.74) is 11.0. The Morgan fingerprint density at radius 2 is 1.33 bits per heavy atom. The Morgan fingerprint density at radius 1 is 0.778 bits per heavy atom. The van der Waals surface area contributed by atoms with Gasteiger partial charge in [-0.15, -0.1) is 0 Å².